The van der Waals surface area contributed by atoms with E-state index in [1.165, 1.54) is 25.7 Å². The fourth-order valence-electron chi connectivity index (χ4n) is 2.01. The topological polar surface area (TPSA) is 50.4 Å². The molecule has 0 aromatic heterocycles. The molecule has 2 rings (SSSR count). The van der Waals surface area contributed by atoms with Gasteiger partial charge in [0.1, 0.15) is 6.61 Å². The Morgan fingerprint density at radius 3 is 2.76 bits per heavy atom. The van der Waals surface area contributed by atoms with E-state index in [9.17, 15) is 4.79 Å². The lowest BCUT2D eigenvalue weighted by Gasteiger charge is -2.22. The molecule has 2 N–H and O–H groups in total. The number of carbonyl (C=O) groups is 1. The first kappa shape index (κ1) is 14.7. The highest BCUT2D eigenvalue weighted by atomic mass is 35.5. The molecule has 1 amide bonds. The van der Waals surface area contributed by atoms with Gasteiger partial charge in [0.25, 0.3) is 0 Å². The summed E-state index contributed by atoms with van der Waals surface area (Å²) in [4.78, 5) is 11.4. The summed E-state index contributed by atoms with van der Waals surface area (Å²) >= 11 is 0. The third-order valence-electron chi connectivity index (χ3n) is 3.27. The van der Waals surface area contributed by atoms with Crippen molar-refractivity contribution in [2.45, 2.75) is 25.7 Å². The average molecular weight is 263 g/mol. The molecule has 5 heteroatoms. The monoisotopic (exact) mass is 262 g/mol. The van der Waals surface area contributed by atoms with Crippen LogP contribution < -0.4 is 10.6 Å². The maximum absolute atomic E-state index is 11.4. The highest BCUT2D eigenvalue weighted by molar-refractivity contribution is 5.85. The molecule has 17 heavy (non-hydrogen) atoms. The van der Waals surface area contributed by atoms with E-state index in [4.69, 9.17) is 4.74 Å². The first-order valence-corrected chi connectivity index (χ1v) is 6.40. The third kappa shape index (κ3) is 6.24. The van der Waals surface area contributed by atoms with Crippen LogP contribution in [0.15, 0.2) is 0 Å². The molecule has 0 spiro atoms. The van der Waals surface area contributed by atoms with Gasteiger partial charge in [-0.2, -0.15) is 0 Å². The predicted molar refractivity (Wildman–Crippen MR) is 69.4 cm³/mol. The second kappa shape index (κ2) is 7.90. The van der Waals surface area contributed by atoms with Gasteiger partial charge < -0.3 is 15.4 Å². The van der Waals surface area contributed by atoms with Crippen LogP contribution in [0.3, 0.4) is 0 Å². The minimum atomic E-state index is 0. The third-order valence-corrected chi connectivity index (χ3v) is 3.27. The highest BCUT2D eigenvalue weighted by Crippen LogP contribution is 2.28. The number of carbonyl (C=O) groups excluding carboxylic acids is 1. The van der Waals surface area contributed by atoms with Crippen LogP contribution in [0.25, 0.3) is 0 Å². The molecule has 0 radical (unpaired) electrons. The fraction of sp³-hybridized carbons (Fsp3) is 0.917. The lowest BCUT2D eigenvalue weighted by Crippen LogP contribution is -2.39. The molecule has 1 unspecified atom stereocenters. The molecule has 4 nitrogen and oxygen atoms in total. The molecule has 1 saturated carbocycles. The van der Waals surface area contributed by atoms with Crippen molar-refractivity contribution in [1.29, 1.82) is 0 Å². The van der Waals surface area contributed by atoms with Crippen molar-refractivity contribution in [3.8, 4) is 0 Å². The van der Waals surface area contributed by atoms with Gasteiger partial charge in [-0.05, 0) is 50.6 Å². The van der Waals surface area contributed by atoms with Gasteiger partial charge in [-0.15, -0.1) is 12.4 Å². The summed E-state index contributed by atoms with van der Waals surface area (Å²) in [5, 5.41) is 6.28. The molecule has 2 aliphatic rings. The number of hydrogen-bond acceptors (Lipinski definition) is 3. The van der Waals surface area contributed by atoms with Crippen molar-refractivity contribution < 1.29 is 9.53 Å². The fourth-order valence-corrected chi connectivity index (χ4v) is 2.01. The van der Waals surface area contributed by atoms with Crippen molar-refractivity contribution >= 4 is 18.3 Å². The van der Waals surface area contributed by atoms with Crippen molar-refractivity contribution in [2.75, 3.05) is 32.8 Å². The van der Waals surface area contributed by atoms with Gasteiger partial charge >= 0.3 is 0 Å². The zero-order valence-electron chi connectivity index (χ0n) is 10.2. The van der Waals surface area contributed by atoms with Gasteiger partial charge in [0, 0.05) is 6.54 Å². The van der Waals surface area contributed by atoms with Gasteiger partial charge in [-0.1, -0.05) is 0 Å². The van der Waals surface area contributed by atoms with Crippen LogP contribution >= 0.6 is 12.4 Å². The van der Waals surface area contributed by atoms with Gasteiger partial charge in [0.2, 0.25) is 5.91 Å². The summed E-state index contributed by atoms with van der Waals surface area (Å²) in [7, 11) is 0. The van der Waals surface area contributed by atoms with E-state index in [2.05, 4.69) is 10.6 Å². The minimum absolute atomic E-state index is 0. The van der Waals surface area contributed by atoms with Gasteiger partial charge in [-0.25, -0.2) is 0 Å². The Labute approximate surface area is 109 Å². The molecule has 1 aliphatic carbocycles. The van der Waals surface area contributed by atoms with Crippen LogP contribution in [0.4, 0.5) is 0 Å². The first-order valence-electron chi connectivity index (χ1n) is 6.40. The van der Waals surface area contributed by atoms with Gasteiger partial charge in [0.05, 0.1) is 6.61 Å². The Balaban J connectivity index is 0.00000144. The van der Waals surface area contributed by atoms with E-state index in [1.807, 2.05) is 0 Å². The second-order valence-electron chi connectivity index (χ2n) is 4.97. The quantitative estimate of drug-likeness (QED) is 0.750. The van der Waals surface area contributed by atoms with Crippen molar-refractivity contribution in [1.82, 2.24) is 10.6 Å². The van der Waals surface area contributed by atoms with Crippen molar-refractivity contribution in [3.63, 3.8) is 0 Å². The molecule has 0 aromatic rings. The van der Waals surface area contributed by atoms with Crippen LogP contribution in [0.2, 0.25) is 0 Å². The predicted octanol–water partition coefficient (Wildman–Crippen LogP) is 0.951. The Hall–Kier alpha value is -0.320. The summed E-state index contributed by atoms with van der Waals surface area (Å²) in [5.41, 5.74) is 0. The van der Waals surface area contributed by atoms with Crippen molar-refractivity contribution in [3.05, 3.63) is 0 Å². The van der Waals surface area contributed by atoms with Gasteiger partial charge in [-0.3, -0.25) is 4.79 Å². The molecule has 1 aliphatic heterocycles. The van der Waals surface area contributed by atoms with Crippen molar-refractivity contribution in [2.24, 2.45) is 11.8 Å². The Morgan fingerprint density at radius 2 is 2.12 bits per heavy atom. The standard InChI is InChI=1S/C12H22N2O2.ClH/c15-12(9-16-8-10-3-4-10)14-7-11-2-1-5-13-6-11;/h10-11,13H,1-9H2,(H,14,15);1H. The molecule has 100 valence electrons. The van der Waals surface area contributed by atoms with E-state index in [1.54, 1.807) is 0 Å². The Kier molecular flexibility index (Phi) is 6.85. The molecule has 1 saturated heterocycles. The zero-order chi connectivity index (χ0) is 11.2. The molecule has 0 aromatic carbocycles. The summed E-state index contributed by atoms with van der Waals surface area (Å²) < 4.78 is 5.33. The normalized spacial score (nSPS) is 23.9. The summed E-state index contributed by atoms with van der Waals surface area (Å²) in [6.07, 6.45) is 4.99. The smallest absolute Gasteiger partial charge is 0.246 e. The summed E-state index contributed by atoms with van der Waals surface area (Å²) in [6, 6.07) is 0. The molecule has 0 bridgehead atoms. The van der Waals surface area contributed by atoms with E-state index in [-0.39, 0.29) is 24.9 Å². The maximum Gasteiger partial charge on any atom is 0.246 e. The summed E-state index contributed by atoms with van der Waals surface area (Å²) in [5.74, 6) is 1.36. The highest BCUT2D eigenvalue weighted by Gasteiger charge is 2.21. The van der Waals surface area contributed by atoms with E-state index >= 15 is 0 Å². The minimum Gasteiger partial charge on any atom is -0.371 e. The van der Waals surface area contributed by atoms with Crippen LogP contribution in [-0.2, 0) is 9.53 Å². The number of hydrogen-bond donors (Lipinski definition) is 2. The van der Waals surface area contributed by atoms with E-state index in [0.717, 1.165) is 32.2 Å². The maximum atomic E-state index is 11.4. The number of ether oxygens (including phenoxy) is 1. The molecule has 1 heterocycles. The molecular formula is C12H23ClN2O2. The Bertz CT molecular complexity index is 229. The lowest BCUT2D eigenvalue weighted by molar-refractivity contribution is -0.126. The zero-order valence-corrected chi connectivity index (χ0v) is 11.1. The lowest BCUT2D eigenvalue weighted by atomic mass is 10.00. The van der Waals surface area contributed by atoms with Crippen LogP contribution in [0.1, 0.15) is 25.7 Å². The largest absolute Gasteiger partial charge is 0.371 e. The van der Waals surface area contributed by atoms with Crippen LogP contribution in [0, 0.1) is 11.8 Å². The van der Waals surface area contributed by atoms with E-state index < -0.39 is 0 Å². The average Bonchev–Trinajstić information content (AvgIpc) is 3.12. The number of nitrogens with one attached hydrogen (secondary N) is 2. The summed E-state index contributed by atoms with van der Waals surface area (Å²) in [6.45, 7) is 3.94. The molecule has 1 atom stereocenters. The number of amides is 1. The van der Waals surface area contributed by atoms with Crippen LogP contribution in [-0.4, -0.2) is 38.8 Å². The molecule has 2 fully saturated rings. The number of rotatable bonds is 6. The molecular weight excluding hydrogens is 240 g/mol. The first-order chi connectivity index (χ1) is 7.84. The SMILES string of the molecule is Cl.O=C(COCC1CC1)NCC1CCCNC1. The number of halogens is 1. The van der Waals surface area contributed by atoms with Crippen LogP contribution in [0.5, 0.6) is 0 Å². The van der Waals surface area contributed by atoms with E-state index in [0.29, 0.717) is 5.92 Å². The Morgan fingerprint density at radius 1 is 1.29 bits per heavy atom. The van der Waals surface area contributed by atoms with Gasteiger partial charge in [0.15, 0.2) is 0 Å². The second-order valence-corrected chi connectivity index (χ2v) is 4.97. The number of piperidine rings is 1.